The van der Waals surface area contributed by atoms with E-state index in [1.54, 1.807) is 0 Å². The van der Waals surface area contributed by atoms with E-state index in [4.69, 9.17) is 5.26 Å². The van der Waals surface area contributed by atoms with Gasteiger partial charge < -0.3 is 10.4 Å². The Morgan fingerprint density at radius 2 is 2.24 bits per heavy atom. The first-order valence-electron chi connectivity index (χ1n) is 6.05. The molecule has 0 spiro atoms. The number of benzene rings is 1. The van der Waals surface area contributed by atoms with Crippen LogP contribution < -0.4 is 5.32 Å². The van der Waals surface area contributed by atoms with Gasteiger partial charge in [0.15, 0.2) is 0 Å². The van der Waals surface area contributed by atoms with Gasteiger partial charge in [-0.2, -0.15) is 5.26 Å². The normalized spacial score (nSPS) is 12.1. The van der Waals surface area contributed by atoms with Crippen LogP contribution in [0.15, 0.2) is 18.2 Å². The molecule has 92 valence electrons. The molecule has 3 nitrogen and oxygen atoms in total. The Morgan fingerprint density at radius 3 is 2.82 bits per heavy atom. The van der Waals surface area contributed by atoms with Gasteiger partial charge in [0.2, 0.25) is 0 Å². The van der Waals surface area contributed by atoms with Gasteiger partial charge in [0, 0.05) is 6.54 Å². The van der Waals surface area contributed by atoms with E-state index in [9.17, 15) is 5.11 Å². The van der Waals surface area contributed by atoms with Crippen LogP contribution in [0, 0.1) is 18.3 Å². The van der Waals surface area contributed by atoms with Crippen molar-refractivity contribution < 1.29 is 5.11 Å². The van der Waals surface area contributed by atoms with Crippen LogP contribution in [0.1, 0.15) is 36.5 Å². The van der Waals surface area contributed by atoms with Crippen molar-refractivity contribution >= 4 is 0 Å². The molecule has 0 saturated carbocycles. The lowest BCUT2D eigenvalue weighted by molar-refractivity contribution is 0.159. The number of aryl methyl sites for hydroxylation is 1. The zero-order chi connectivity index (χ0) is 12.7. The summed E-state index contributed by atoms with van der Waals surface area (Å²) >= 11 is 0. The van der Waals surface area contributed by atoms with Crippen LogP contribution in [0.3, 0.4) is 0 Å². The fourth-order valence-electron chi connectivity index (χ4n) is 1.66. The molecule has 0 radical (unpaired) electrons. The van der Waals surface area contributed by atoms with Crippen molar-refractivity contribution in [3.8, 4) is 6.07 Å². The molecule has 3 heteroatoms. The molecule has 1 rings (SSSR count). The average Bonchev–Trinajstić information content (AvgIpc) is 2.35. The van der Waals surface area contributed by atoms with Crippen molar-refractivity contribution in [3.63, 3.8) is 0 Å². The quantitative estimate of drug-likeness (QED) is 0.739. The molecule has 1 atom stereocenters. The van der Waals surface area contributed by atoms with Crippen LogP contribution in [-0.2, 0) is 6.54 Å². The number of hydrogen-bond donors (Lipinski definition) is 2. The number of rotatable bonds is 6. The third-order valence-corrected chi connectivity index (χ3v) is 2.91. The topological polar surface area (TPSA) is 56.0 Å². The van der Waals surface area contributed by atoms with Crippen LogP contribution in [-0.4, -0.2) is 17.8 Å². The third kappa shape index (κ3) is 4.56. The molecule has 0 saturated heterocycles. The fraction of sp³-hybridized carbons (Fsp3) is 0.500. The summed E-state index contributed by atoms with van der Waals surface area (Å²) in [5, 5.41) is 21.5. The van der Waals surface area contributed by atoms with Crippen LogP contribution in [0.25, 0.3) is 0 Å². The Morgan fingerprint density at radius 1 is 1.47 bits per heavy atom. The van der Waals surface area contributed by atoms with Gasteiger partial charge in [0.05, 0.1) is 17.7 Å². The predicted octanol–water partition coefficient (Wildman–Crippen LogP) is 2.12. The summed E-state index contributed by atoms with van der Waals surface area (Å²) in [6.45, 7) is 5.59. The highest BCUT2D eigenvalue weighted by Crippen LogP contribution is 2.10. The largest absolute Gasteiger partial charge is 0.393 e. The molecule has 0 aliphatic heterocycles. The fourth-order valence-corrected chi connectivity index (χ4v) is 1.66. The van der Waals surface area contributed by atoms with E-state index in [0.29, 0.717) is 5.56 Å². The van der Waals surface area contributed by atoms with Crippen molar-refractivity contribution in [1.29, 1.82) is 5.26 Å². The van der Waals surface area contributed by atoms with Gasteiger partial charge in [-0.25, -0.2) is 0 Å². The standard InChI is InChI=1S/C14H20N2O/c1-3-14(17)6-7-16-10-13-5-4-12(9-15)8-11(13)2/h4-5,8,14,16-17H,3,6-7,10H2,1-2H3. The zero-order valence-electron chi connectivity index (χ0n) is 10.5. The van der Waals surface area contributed by atoms with E-state index in [0.717, 1.165) is 31.5 Å². The van der Waals surface area contributed by atoms with Crippen LogP contribution in [0.2, 0.25) is 0 Å². The molecule has 0 bridgehead atoms. The average molecular weight is 232 g/mol. The van der Waals surface area contributed by atoms with Crippen molar-refractivity contribution in [2.24, 2.45) is 0 Å². The number of aliphatic hydroxyl groups excluding tert-OH is 1. The maximum Gasteiger partial charge on any atom is 0.0991 e. The molecule has 1 unspecified atom stereocenters. The van der Waals surface area contributed by atoms with E-state index in [1.165, 1.54) is 5.56 Å². The number of aliphatic hydroxyl groups is 1. The molecule has 0 aliphatic rings. The van der Waals surface area contributed by atoms with Gasteiger partial charge >= 0.3 is 0 Å². The molecular formula is C14H20N2O. The SMILES string of the molecule is CCC(O)CCNCc1ccc(C#N)cc1C. The highest BCUT2D eigenvalue weighted by Gasteiger charge is 2.02. The first-order chi connectivity index (χ1) is 8.17. The Bertz CT molecular complexity index is 396. The van der Waals surface area contributed by atoms with Crippen LogP contribution in [0.4, 0.5) is 0 Å². The first kappa shape index (κ1) is 13.7. The summed E-state index contributed by atoms with van der Waals surface area (Å²) in [5.74, 6) is 0. The maximum absolute atomic E-state index is 9.40. The molecule has 17 heavy (non-hydrogen) atoms. The lowest BCUT2D eigenvalue weighted by atomic mass is 10.1. The van der Waals surface area contributed by atoms with Gasteiger partial charge in [-0.05, 0) is 49.6 Å². The minimum absolute atomic E-state index is 0.204. The molecule has 0 heterocycles. The second-order valence-electron chi connectivity index (χ2n) is 4.28. The summed E-state index contributed by atoms with van der Waals surface area (Å²) < 4.78 is 0. The molecule has 2 N–H and O–H groups in total. The van der Waals surface area contributed by atoms with E-state index < -0.39 is 0 Å². The molecule has 1 aromatic rings. The summed E-state index contributed by atoms with van der Waals surface area (Å²) in [4.78, 5) is 0. The molecule has 0 fully saturated rings. The molecule has 0 aliphatic carbocycles. The minimum Gasteiger partial charge on any atom is -0.393 e. The molecular weight excluding hydrogens is 212 g/mol. The number of nitriles is 1. The maximum atomic E-state index is 9.40. The van der Waals surface area contributed by atoms with Gasteiger partial charge in [0.25, 0.3) is 0 Å². The number of nitrogens with zero attached hydrogens (tertiary/aromatic N) is 1. The third-order valence-electron chi connectivity index (χ3n) is 2.91. The second-order valence-corrected chi connectivity index (χ2v) is 4.28. The Labute approximate surface area is 103 Å². The van der Waals surface area contributed by atoms with E-state index in [1.807, 2.05) is 32.0 Å². The summed E-state index contributed by atoms with van der Waals surface area (Å²) in [7, 11) is 0. The van der Waals surface area contributed by atoms with Gasteiger partial charge in [0.1, 0.15) is 0 Å². The smallest absolute Gasteiger partial charge is 0.0991 e. The Balaban J connectivity index is 2.40. The number of nitrogens with one attached hydrogen (secondary N) is 1. The van der Waals surface area contributed by atoms with Gasteiger partial charge in [-0.3, -0.25) is 0 Å². The summed E-state index contributed by atoms with van der Waals surface area (Å²) in [6.07, 6.45) is 1.38. The minimum atomic E-state index is -0.204. The van der Waals surface area contributed by atoms with Gasteiger partial charge in [-0.1, -0.05) is 13.0 Å². The van der Waals surface area contributed by atoms with Crippen LogP contribution >= 0.6 is 0 Å². The van der Waals surface area contributed by atoms with E-state index in [-0.39, 0.29) is 6.10 Å². The lowest BCUT2D eigenvalue weighted by Gasteiger charge is -2.10. The van der Waals surface area contributed by atoms with Crippen molar-refractivity contribution in [1.82, 2.24) is 5.32 Å². The van der Waals surface area contributed by atoms with E-state index >= 15 is 0 Å². The Hall–Kier alpha value is -1.37. The van der Waals surface area contributed by atoms with E-state index in [2.05, 4.69) is 11.4 Å². The predicted molar refractivity (Wildman–Crippen MR) is 68.5 cm³/mol. The molecule has 1 aromatic carbocycles. The highest BCUT2D eigenvalue weighted by molar-refractivity contribution is 5.37. The summed E-state index contributed by atoms with van der Waals surface area (Å²) in [5.41, 5.74) is 3.04. The zero-order valence-corrected chi connectivity index (χ0v) is 10.5. The number of hydrogen-bond acceptors (Lipinski definition) is 3. The van der Waals surface area contributed by atoms with Gasteiger partial charge in [-0.15, -0.1) is 0 Å². The highest BCUT2D eigenvalue weighted by atomic mass is 16.3. The second kappa shape index (κ2) is 7.05. The first-order valence-corrected chi connectivity index (χ1v) is 6.05. The van der Waals surface area contributed by atoms with Crippen LogP contribution in [0.5, 0.6) is 0 Å². The van der Waals surface area contributed by atoms with Crippen molar-refractivity contribution in [3.05, 3.63) is 34.9 Å². The van der Waals surface area contributed by atoms with Crippen molar-refractivity contribution in [2.45, 2.75) is 39.3 Å². The Kier molecular flexibility index (Phi) is 5.68. The summed E-state index contributed by atoms with van der Waals surface area (Å²) in [6, 6.07) is 7.85. The van der Waals surface area contributed by atoms with Crippen molar-refractivity contribution in [2.75, 3.05) is 6.54 Å². The lowest BCUT2D eigenvalue weighted by Crippen LogP contribution is -2.20. The molecule has 0 aromatic heterocycles. The monoisotopic (exact) mass is 232 g/mol. The molecule has 0 amide bonds.